The van der Waals surface area contributed by atoms with Gasteiger partial charge in [0.2, 0.25) is 0 Å². The van der Waals surface area contributed by atoms with Gasteiger partial charge < -0.3 is 14.6 Å². The van der Waals surface area contributed by atoms with Crippen molar-refractivity contribution in [2.75, 3.05) is 12.4 Å². The van der Waals surface area contributed by atoms with Crippen LogP contribution in [0.4, 0.5) is 5.69 Å². The summed E-state index contributed by atoms with van der Waals surface area (Å²) in [5, 5.41) is 2.83. The Balaban J connectivity index is 2.27. The monoisotopic (exact) mass is 308 g/mol. The Bertz CT molecular complexity index is 578. The van der Waals surface area contributed by atoms with E-state index in [0.717, 1.165) is 4.47 Å². The molecule has 0 radical (unpaired) electrons. The highest BCUT2D eigenvalue weighted by Gasteiger charge is 2.12. The van der Waals surface area contributed by atoms with Crippen LogP contribution in [-0.2, 0) is 7.05 Å². The minimum atomic E-state index is -0.168. The van der Waals surface area contributed by atoms with Crippen LogP contribution in [0, 0.1) is 0 Å². The molecule has 0 aliphatic carbocycles. The number of benzene rings is 1. The molecule has 0 saturated carbocycles. The van der Waals surface area contributed by atoms with Gasteiger partial charge in [0.1, 0.15) is 11.4 Å². The van der Waals surface area contributed by atoms with Gasteiger partial charge in [-0.1, -0.05) is 15.9 Å². The summed E-state index contributed by atoms with van der Waals surface area (Å²) in [6.07, 6.45) is 1.83. The third-order valence-corrected chi connectivity index (χ3v) is 3.08. The van der Waals surface area contributed by atoms with Gasteiger partial charge in [-0.2, -0.15) is 0 Å². The number of nitrogens with one attached hydrogen (secondary N) is 1. The second kappa shape index (κ2) is 5.27. The molecule has 1 N–H and O–H groups in total. The Morgan fingerprint density at radius 1 is 1.39 bits per heavy atom. The first kappa shape index (κ1) is 12.7. The number of aromatic nitrogens is 1. The number of amides is 1. The summed E-state index contributed by atoms with van der Waals surface area (Å²) in [4.78, 5) is 12.1. The molecule has 0 aliphatic heterocycles. The van der Waals surface area contributed by atoms with Gasteiger partial charge in [0.15, 0.2) is 0 Å². The van der Waals surface area contributed by atoms with E-state index in [4.69, 9.17) is 4.74 Å². The molecule has 0 spiro atoms. The average Bonchev–Trinajstić information content (AvgIpc) is 2.76. The molecule has 0 saturated heterocycles. The number of carbonyl (C=O) groups is 1. The SMILES string of the molecule is COc1ccc(Br)cc1NC(=O)c1cccn1C. The number of hydrogen-bond donors (Lipinski definition) is 1. The molecular formula is C13H13BrN2O2. The van der Waals surface area contributed by atoms with Gasteiger partial charge in [0.05, 0.1) is 12.8 Å². The number of carbonyl (C=O) groups excluding carboxylic acids is 1. The van der Waals surface area contributed by atoms with Crippen LogP contribution in [0.3, 0.4) is 0 Å². The van der Waals surface area contributed by atoms with E-state index in [1.165, 1.54) is 0 Å². The molecule has 1 amide bonds. The van der Waals surface area contributed by atoms with Crippen LogP contribution in [0.1, 0.15) is 10.5 Å². The summed E-state index contributed by atoms with van der Waals surface area (Å²) in [6, 6.07) is 9.05. The smallest absolute Gasteiger partial charge is 0.272 e. The van der Waals surface area contributed by atoms with Crippen molar-refractivity contribution in [3.63, 3.8) is 0 Å². The second-order valence-electron chi connectivity index (χ2n) is 3.80. The lowest BCUT2D eigenvalue weighted by molar-refractivity contribution is 0.101. The van der Waals surface area contributed by atoms with E-state index in [1.807, 2.05) is 25.4 Å². The van der Waals surface area contributed by atoms with E-state index in [2.05, 4.69) is 21.2 Å². The number of anilines is 1. The number of aryl methyl sites for hydroxylation is 1. The maximum atomic E-state index is 12.1. The van der Waals surface area contributed by atoms with Gasteiger partial charge in [-0.05, 0) is 30.3 Å². The summed E-state index contributed by atoms with van der Waals surface area (Å²) in [5.41, 5.74) is 1.23. The highest BCUT2D eigenvalue weighted by molar-refractivity contribution is 9.10. The molecule has 0 unspecified atom stereocenters. The fraction of sp³-hybridized carbons (Fsp3) is 0.154. The Kier molecular flexibility index (Phi) is 3.72. The van der Waals surface area contributed by atoms with Crippen LogP contribution >= 0.6 is 15.9 Å². The van der Waals surface area contributed by atoms with E-state index in [0.29, 0.717) is 17.1 Å². The van der Waals surface area contributed by atoms with Gasteiger partial charge in [0.25, 0.3) is 5.91 Å². The maximum Gasteiger partial charge on any atom is 0.272 e. The van der Waals surface area contributed by atoms with Crippen molar-refractivity contribution in [2.24, 2.45) is 7.05 Å². The summed E-state index contributed by atoms with van der Waals surface area (Å²) >= 11 is 3.37. The largest absolute Gasteiger partial charge is 0.495 e. The number of rotatable bonds is 3. The van der Waals surface area contributed by atoms with Crippen LogP contribution in [0.5, 0.6) is 5.75 Å². The van der Waals surface area contributed by atoms with Gasteiger partial charge in [-0.25, -0.2) is 0 Å². The third kappa shape index (κ3) is 2.56. The van der Waals surface area contributed by atoms with Gasteiger partial charge in [0, 0.05) is 17.7 Å². The van der Waals surface area contributed by atoms with Gasteiger partial charge in [-0.15, -0.1) is 0 Å². The standard InChI is InChI=1S/C13H13BrN2O2/c1-16-7-3-4-11(16)13(17)15-10-8-9(14)5-6-12(10)18-2/h3-8H,1-2H3,(H,15,17). The molecule has 0 bridgehead atoms. The van der Waals surface area contributed by atoms with Crippen molar-refractivity contribution in [2.45, 2.75) is 0 Å². The van der Waals surface area contributed by atoms with E-state index in [9.17, 15) is 4.79 Å². The molecule has 0 atom stereocenters. The average molecular weight is 309 g/mol. The molecule has 1 aromatic heterocycles. The van der Waals surface area contributed by atoms with Gasteiger partial charge >= 0.3 is 0 Å². The molecule has 18 heavy (non-hydrogen) atoms. The third-order valence-electron chi connectivity index (χ3n) is 2.59. The summed E-state index contributed by atoms with van der Waals surface area (Å²) < 4.78 is 7.85. The lowest BCUT2D eigenvalue weighted by Gasteiger charge is -2.11. The molecule has 4 nitrogen and oxygen atoms in total. The summed E-state index contributed by atoms with van der Waals surface area (Å²) in [5.74, 6) is 0.458. The predicted molar refractivity (Wildman–Crippen MR) is 74.1 cm³/mol. The zero-order valence-electron chi connectivity index (χ0n) is 10.1. The van der Waals surface area contributed by atoms with E-state index >= 15 is 0 Å². The number of methoxy groups -OCH3 is 1. The second-order valence-corrected chi connectivity index (χ2v) is 4.72. The fourth-order valence-corrected chi connectivity index (χ4v) is 2.02. The zero-order valence-corrected chi connectivity index (χ0v) is 11.7. The van der Waals surface area contributed by atoms with Crippen LogP contribution in [0.2, 0.25) is 0 Å². The fourth-order valence-electron chi connectivity index (χ4n) is 1.66. The molecule has 1 heterocycles. The minimum absolute atomic E-state index is 0.168. The van der Waals surface area contributed by atoms with Crippen LogP contribution in [0.25, 0.3) is 0 Å². The molecule has 1 aromatic carbocycles. The van der Waals surface area contributed by atoms with Crippen LogP contribution < -0.4 is 10.1 Å². The molecule has 2 rings (SSSR count). The van der Waals surface area contributed by atoms with Crippen molar-refractivity contribution in [1.29, 1.82) is 0 Å². The minimum Gasteiger partial charge on any atom is -0.495 e. The molecule has 94 valence electrons. The summed E-state index contributed by atoms with van der Waals surface area (Å²) in [7, 11) is 3.40. The van der Waals surface area contributed by atoms with Crippen molar-refractivity contribution >= 4 is 27.5 Å². The Morgan fingerprint density at radius 2 is 2.17 bits per heavy atom. The highest BCUT2D eigenvalue weighted by atomic mass is 79.9. The van der Waals surface area contributed by atoms with Crippen molar-refractivity contribution in [1.82, 2.24) is 4.57 Å². The molecule has 0 fully saturated rings. The van der Waals surface area contributed by atoms with Crippen molar-refractivity contribution in [3.05, 3.63) is 46.7 Å². The Labute approximate surface area is 114 Å². The lowest BCUT2D eigenvalue weighted by atomic mass is 10.3. The van der Waals surface area contributed by atoms with Crippen molar-refractivity contribution < 1.29 is 9.53 Å². The molecule has 0 aliphatic rings. The zero-order chi connectivity index (χ0) is 13.1. The molecule has 5 heteroatoms. The molecular weight excluding hydrogens is 296 g/mol. The number of ether oxygens (including phenoxy) is 1. The predicted octanol–water partition coefficient (Wildman–Crippen LogP) is 3.05. The topological polar surface area (TPSA) is 43.3 Å². The number of hydrogen-bond acceptors (Lipinski definition) is 2. The maximum absolute atomic E-state index is 12.1. The van der Waals surface area contributed by atoms with Crippen LogP contribution in [0.15, 0.2) is 41.0 Å². The van der Waals surface area contributed by atoms with Gasteiger partial charge in [-0.3, -0.25) is 4.79 Å². The number of nitrogens with zero attached hydrogens (tertiary/aromatic N) is 1. The first-order chi connectivity index (χ1) is 8.61. The normalized spacial score (nSPS) is 10.2. The Morgan fingerprint density at radius 3 is 2.78 bits per heavy atom. The number of halogens is 1. The first-order valence-corrected chi connectivity index (χ1v) is 6.17. The van der Waals surface area contributed by atoms with Crippen molar-refractivity contribution in [3.8, 4) is 5.75 Å². The highest BCUT2D eigenvalue weighted by Crippen LogP contribution is 2.28. The van der Waals surface area contributed by atoms with E-state index in [1.54, 1.807) is 29.9 Å². The van der Waals surface area contributed by atoms with E-state index < -0.39 is 0 Å². The Hall–Kier alpha value is -1.75. The first-order valence-electron chi connectivity index (χ1n) is 5.38. The van der Waals surface area contributed by atoms with E-state index in [-0.39, 0.29) is 5.91 Å². The quantitative estimate of drug-likeness (QED) is 0.947. The summed E-state index contributed by atoms with van der Waals surface area (Å²) in [6.45, 7) is 0. The van der Waals surface area contributed by atoms with Crippen LogP contribution in [-0.4, -0.2) is 17.6 Å². The lowest BCUT2D eigenvalue weighted by Crippen LogP contribution is -2.15. The molecule has 2 aromatic rings.